The SMILES string of the molecule is CCNC(=O)NCc1ccccc1-c1ccc(CN2C(=O)[C@H](NC(=O)CC(C)(C)N)CSc3cc(C(F)(F)F)ccc32)cc1. The highest BCUT2D eigenvalue weighted by Crippen LogP contribution is 2.40. The summed E-state index contributed by atoms with van der Waals surface area (Å²) in [7, 11) is 0. The van der Waals surface area contributed by atoms with Crippen molar-refractivity contribution < 1.29 is 27.6 Å². The second-order valence-corrected chi connectivity index (χ2v) is 12.3. The molecule has 0 saturated carbocycles. The van der Waals surface area contributed by atoms with Gasteiger partial charge in [0.2, 0.25) is 5.91 Å². The fourth-order valence-electron chi connectivity index (χ4n) is 4.83. The lowest BCUT2D eigenvalue weighted by Crippen LogP contribution is -2.51. The monoisotopic (exact) mass is 627 g/mol. The van der Waals surface area contributed by atoms with E-state index in [1.165, 1.54) is 11.0 Å². The van der Waals surface area contributed by atoms with E-state index in [0.29, 0.717) is 23.7 Å². The van der Waals surface area contributed by atoms with Gasteiger partial charge in [-0.3, -0.25) is 9.59 Å². The van der Waals surface area contributed by atoms with E-state index >= 15 is 0 Å². The normalized spacial score (nSPS) is 15.3. The maximum atomic E-state index is 13.8. The summed E-state index contributed by atoms with van der Waals surface area (Å²) in [5.41, 5.74) is 8.19. The number of carbonyl (C=O) groups excluding carboxylic acids is 3. The molecule has 0 fully saturated rings. The van der Waals surface area contributed by atoms with Crippen LogP contribution in [0.3, 0.4) is 0 Å². The molecule has 1 aliphatic heterocycles. The largest absolute Gasteiger partial charge is 0.416 e. The van der Waals surface area contributed by atoms with Gasteiger partial charge in [0, 0.05) is 35.7 Å². The molecule has 3 aromatic carbocycles. The minimum Gasteiger partial charge on any atom is -0.343 e. The van der Waals surface area contributed by atoms with E-state index in [1.807, 2.05) is 55.5 Å². The van der Waals surface area contributed by atoms with Crippen molar-refractivity contribution in [1.29, 1.82) is 0 Å². The Bertz CT molecular complexity index is 1510. The van der Waals surface area contributed by atoms with Crippen LogP contribution < -0.4 is 26.6 Å². The summed E-state index contributed by atoms with van der Waals surface area (Å²) in [6, 6.07) is 17.3. The molecule has 1 atom stereocenters. The van der Waals surface area contributed by atoms with Crippen LogP contribution in [0.4, 0.5) is 23.7 Å². The third kappa shape index (κ3) is 8.54. The molecule has 0 aliphatic carbocycles. The molecule has 0 unspecified atom stereocenters. The molecule has 44 heavy (non-hydrogen) atoms. The van der Waals surface area contributed by atoms with Crippen molar-refractivity contribution in [2.45, 2.75) is 62.9 Å². The third-order valence-electron chi connectivity index (χ3n) is 6.90. The van der Waals surface area contributed by atoms with Crippen molar-refractivity contribution in [3.8, 4) is 11.1 Å². The van der Waals surface area contributed by atoms with Crippen molar-refractivity contribution in [2.75, 3.05) is 17.2 Å². The minimum absolute atomic E-state index is 0.0195. The number of benzene rings is 3. The zero-order valence-electron chi connectivity index (χ0n) is 24.8. The minimum atomic E-state index is -4.54. The number of nitrogens with two attached hydrogens (primary N) is 1. The van der Waals surface area contributed by atoms with Gasteiger partial charge in [0.25, 0.3) is 5.91 Å². The number of fused-ring (bicyclic) bond motifs is 1. The van der Waals surface area contributed by atoms with Crippen molar-refractivity contribution in [1.82, 2.24) is 16.0 Å². The fourth-order valence-corrected chi connectivity index (χ4v) is 5.94. The van der Waals surface area contributed by atoms with Crippen LogP contribution in [-0.4, -0.2) is 41.7 Å². The molecule has 12 heteroatoms. The summed E-state index contributed by atoms with van der Waals surface area (Å²) in [4.78, 5) is 40.1. The maximum Gasteiger partial charge on any atom is 0.416 e. The number of nitrogens with zero attached hydrogens (tertiary/aromatic N) is 1. The smallest absolute Gasteiger partial charge is 0.343 e. The number of amides is 4. The first-order valence-electron chi connectivity index (χ1n) is 14.2. The van der Waals surface area contributed by atoms with Gasteiger partial charge >= 0.3 is 12.2 Å². The Labute approximate surface area is 259 Å². The Morgan fingerprint density at radius 2 is 1.73 bits per heavy atom. The summed E-state index contributed by atoms with van der Waals surface area (Å²) in [6.45, 7) is 6.14. The standard InChI is InChI=1S/C32H36F3N5O3S/c1-4-37-30(43)38-17-22-7-5-6-8-24(22)21-11-9-20(10-12-21)18-40-26-14-13-23(32(33,34)35)15-27(26)44-19-25(29(40)42)39-28(41)16-31(2,3)36/h5-15,25H,4,16-19,36H2,1-3H3,(H,39,41)(H2,37,38,43)/t25-/m1/s1. The second kappa shape index (κ2) is 13.7. The van der Waals surface area contributed by atoms with E-state index in [4.69, 9.17) is 5.73 Å². The number of thioether (sulfide) groups is 1. The van der Waals surface area contributed by atoms with Crippen LogP contribution in [-0.2, 0) is 28.9 Å². The summed E-state index contributed by atoms with van der Waals surface area (Å²) in [5.74, 6) is -0.770. The van der Waals surface area contributed by atoms with Gasteiger partial charge in [-0.1, -0.05) is 48.5 Å². The Kier molecular flexibility index (Phi) is 10.3. The highest BCUT2D eigenvalue weighted by molar-refractivity contribution is 7.99. The first-order valence-corrected chi connectivity index (χ1v) is 15.2. The van der Waals surface area contributed by atoms with Crippen LogP contribution >= 0.6 is 11.8 Å². The molecule has 0 aromatic heterocycles. The van der Waals surface area contributed by atoms with Gasteiger partial charge in [0.15, 0.2) is 0 Å². The first kappa shape index (κ1) is 32.9. The molecule has 5 N–H and O–H groups in total. The molecule has 0 saturated heterocycles. The summed E-state index contributed by atoms with van der Waals surface area (Å²) >= 11 is 1.09. The van der Waals surface area contributed by atoms with Crippen molar-refractivity contribution in [3.63, 3.8) is 0 Å². The number of halogens is 3. The van der Waals surface area contributed by atoms with Crippen LogP contribution in [0.2, 0.25) is 0 Å². The lowest BCUT2D eigenvalue weighted by molar-refractivity contribution is -0.137. The Morgan fingerprint density at radius 3 is 2.39 bits per heavy atom. The molecular formula is C32H36F3N5O3S. The molecule has 0 radical (unpaired) electrons. The molecule has 1 heterocycles. The van der Waals surface area contributed by atoms with Crippen molar-refractivity contribution in [2.24, 2.45) is 5.73 Å². The maximum absolute atomic E-state index is 13.8. The summed E-state index contributed by atoms with van der Waals surface area (Å²) in [6.07, 6.45) is -4.56. The molecule has 1 aliphatic rings. The highest BCUT2D eigenvalue weighted by atomic mass is 32.2. The van der Waals surface area contributed by atoms with E-state index in [2.05, 4.69) is 16.0 Å². The number of urea groups is 1. The molecule has 4 amide bonds. The predicted molar refractivity (Wildman–Crippen MR) is 166 cm³/mol. The average Bonchev–Trinajstić information content (AvgIpc) is 3.07. The fraction of sp³-hybridized carbons (Fsp3) is 0.344. The number of hydrogen-bond acceptors (Lipinski definition) is 5. The summed E-state index contributed by atoms with van der Waals surface area (Å²) in [5, 5.41) is 8.27. The Hall–Kier alpha value is -4.03. The topological polar surface area (TPSA) is 117 Å². The Morgan fingerprint density at radius 1 is 1.02 bits per heavy atom. The third-order valence-corrected chi connectivity index (χ3v) is 8.04. The van der Waals surface area contributed by atoms with Crippen LogP contribution in [0, 0.1) is 0 Å². The number of nitrogens with one attached hydrogen (secondary N) is 3. The van der Waals surface area contributed by atoms with Crippen molar-refractivity contribution >= 4 is 35.3 Å². The molecule has 0 spiro atoms. The molecular weight excluding hydrogens is 591 g/mol. The average molecular weight is 628 g/mol. The molecule has 3 aromatic rings. The van der Waals surface area contributed by atoms with Gasteiger partial charge < -0.3 is 26.6 Å². The highest BCUT2D eigenvalue weighted by Gasteiger charge is 2.36. The van der Waals surface area contributed by atoms with E-state index in [1.54, 1.807) is 13.8 Å². The van der Waals surface area contributed by atoms with Gasteiger partial charge in [-0.2, -0.15) is 13.2 Å². The summed E-state index contributed by atoms with van der Waals surface area (Å²) < 4.78 is 40.6. The second-order valence-electron chi connectivity index (χ2n) is 11.3. The molecule has 8 nitrogen and oxygen atoms in total. The van der Waals surface area contributed by atoms with E-state index in [0.717, 1.165) is 46.1 Å². The lowest BCUT2D eigenvalue weighted by atomic mass is 9.98. The molecule has 4 rings (SSSR count). The number of hydrogen-bond donors (Lipinski definition) is 4. The number of alkyl halides is 3. The zero-order valence-corrected chi connectivity index (χ0v) is 25.6. The zero-order chi connectivity index (χ0) is 32.1. The number of carbonyl (C=O) groups is 3. The van der Waals surface area contributed by atoms with Gasteiger partial charge in [0.05, 0.1) is 17.8 Å². The van der Waals surface area contributed by atoms with E-state index in [9.17, 15) is 27.6 Å². The molecule has 234 valence electrons. The van der Waals surface area contributed by atoms with Crippen LogP contribution in [0.15, 0.2) is 71.6 Å². The van der Waals surface area contributed by atoms with Gasteiger partial charge in [-0.05, 0) is 61.2 Å². The van der Waals surface area contributed by atoms with Crippen LogP contribution in [0.1, 0.15) is 43.9 Å². The number of anilines is 1. The quantitative estimate of drug-likeness (QED) is 0.252. The lowest BCUT2D eigenvalue weighted by Gasteiger charge is -2.27. The van der Waals surface area contributed by atoms with E-state index in [-0.39, 0.29) is 24.7 Å². The van der Waals surface area contributed by atoms with Crippen LogP contribution in [0.5, 0.6) is 0 Å². The van der Waals surface area contributed by atoms with Crippen molar-refractivity contribution in [3.05, 3.63) is 83.4 Å². The molecule has 0 bridgehead atoms. The number of rotatable bonds is 9. The van der Waals surface area contributed by atoms with Crippen LogP contribution in [0.25, 0.3) is 11.1 Å². The van der Waals surface area contributed by atoms with Gasteiger partial charge in [-0.25, -0.2) is 4.79 Å². The first-order chi connectivity index (χ1) is 20.7. The van der Waals surface area contributed by atoms with Gasteiger partial charge in [-0.15, -0.1) is 11.8 Å². The predicted octanol–water partition coefficient (Wildman–Crippen LogP) is 5.44. The van der Waals surface area contributed by atoms with Gasteiger partial charge in [0.1, 0.15) is 6.04 Å². The Balaban J connectivity index is 1.61. The van der Waals surface area contributed by atoms with E-state index < -0.39 is 35.1 Å².